The number of para-hydroxylation sites is 1. The first kappa shape index (κ1) is 15.8. The largest absolute Gasteiger partial charge is 0.295 e. The van der Waals surface area contributed by atoms with Crippen molar-refractivity contribution in [2.75, 3.05) is 0 Å². The van der Waals surface area contributed by atoms with Crippen molar-refractivity contribution < 1.29 is 9.59 Å². The summed E-state index contributed by atoms with van der Waals surface area (Å²) < 4.78 is 1.63. The number of imidazole rings is 1. The molecule has 6 nitrogen and oxygen atoms in total. The van der Waals surface area contributed by atoms with Crippen LogP contribution in [0.15, 0.2) is 67.1 Å². The second-order valence-electron chi connectivity index (χ2n) is 4.90. The molecule has 0 fully saturated rings. The maximum absolute atomic E-state index is 12.3. The number of amides is 2. The highest BCUT2D eigenvalue weighted by Crippen LogP contribution is 2.11. The van der Waals surface area contributed by atoms with E-state index in [0.29, 0.717) is 16.3 Å². The Balaban J connectivity index is 1.70. The molecule has 0 spiro atoms. The number of benzene rings is 2. The van der Waals surface area contributed by atoms with Crippen LogP contribution in [0.1, 0.15) is 20.8 Å². The van der Waals surface area contributed by atoms with Crippen molar-refractivity contribution in [2.24, 2.45) is 0 Å². The Bertz CT molecular complexity index is 877. The quantitative estimate of drug-likeness (QED) is 0.719. The molecule has 0 saturated carbocycles. The van der Waals surface area contributed by atoms with E-state index in [0.717, 1.165) is 5.69 Å². The molecule has 0 radical (unpaired) electrons. The first-order valence-electron chi connectivity index (χ1n) is 7.09. The normalized spacial score (nSPS) is 10.2. The molecule has 0 saturated heterocycles. The number of aromatic nitrogens is 2. The third kappa shape index (κ3) is 3.44. The van der Waals surface area contributed by atoms with Crippen molar-refractivity contribution in [3.8, 4) is 5.69 Å². The fraction of sp³-hybridized carbons (Fsp3) is 0. The number of carbonyl (C=O) groups excluding carboxylic acids is 2. The van der Waals surface area contributed by atoms with Gasteiger partial charge in [-0.15, -0.1) is 0 Å². The minimum atomic E-state index is -0.480. The number of halogens is 1. The molecule has 0 bridgehead atoms. The lowest BCUT2D eigenvalue weighted by Crippen LogP contribution is -2.42. The van der Waals surface area contributed by atoms with Gasteiger partial charge in [-0.3, -0.25) is 25.0 Å². The van der Waals surface area contributed by atoms with Gasteiger partial charge >= 0.3 is 0 Å². The molecule has 0 atom stereocenters. The van der Waals surface area contributed by atoms with E-state index in [4.69, 9.17) is 11.6 Å². The van der Waals surface area contributed by atoms with Crippen molar-refractivity contribution in [1.29, 1.82) is 0 Å². The molecule has 24 heavy (non-hydrogen) atoms. The zero-order valence-electron chi connectivity index (χ0n) is 12.4. The summed E-state index contributed by atoms with van der Waals surface area (Å²) in [6, 6.07) is 15.7. The van der Waals surface area contributed by atoms with E-state index in [2.05, 4.69) is 15.8 Å². The van der Waals surface area contributed by atoms with E-state index in [9.17, 15) is 9.59 Å². The SMILES string of the molecule is O=C(NNC(=O)c1cncn1-c1ccccc1)c1cccc(Cl)c1. The summed E-state index contributed by atoms with van der Waals surface area (Å²) >= 11 is 5.84. The first-order chi connectivity index (χ1) is 11.6. The molecule has 0 unspecified atom stereocenters. The Morgan fingerprint density at radius 1 is 0.958 bits per heavy atom. The molecule has 3 aromatic rings. The van der Waals surface area contributed by atoms with E-state index >= 15 is 0 Å². The maximum Gasteiger partial charge on any atom is 0.288 e. The molecule has 1 aromatic heterocycles. The van der Waals surface area contributed by atoms with Crippen molar-refractivity contribution in [3.63, 3.8) is 0 Å². The highest BCUT2D eigenvalue weighted by atomic mass is 35.5. The van der Waals surface area contributed by atoms with Crippen LogP contribution < -0.4 is 10.9 Å². The van der Waals surface area contributed by atoms with Crippen LogP contribution in [-0.2, 0) is 0 Å². The summed E-state index contributed by atoms with van der Waals surface area (Å²) in [6.07, 6.45) is 2.96. The maximum atomic E-state index is 12.3. The van der Waals surface area contributed by atoms with Crippen LogP contribution >= 0.6 is 11.6 Å². The van der Waals surface area contributed by atoms with Gasteiger partial charge in [-0.1, -0.05) is 35.9 Å². The van der Waals surface area contributed by atoms with Crippen molar-refractivity contribution in [2.45, 2.75) is 0 Å². The van der Waals surface area contributed by atoms with E-state index in [1.54, 1.807) is 22.8 Å². The third-order valence-electron chi connectivity index (χ3n) is 3.28. The summed E-state index contributed by atoms with van der Waals surface area (Å²) in [5.74, 6) is -0.941. The van der Waals surface area contributed by atoms with Crippen LogP contribution in [-0.4, -0.2) is 21.4 Å². The number of carbonyl (C=O) groups is 2. The van der Waals surface area contributed by atoms with Crippen LogP contribution in [0.3, 0.4) is 0 Å². The number of hydrazine groups is 1. The van der Waals surface area contributed by atoms with Gasteiger partial charge in [-0.2, -0.15) is 0 Å². The van der Waals surface area contributed by atoms with Gasteiger partial charge < -0.3 is 0 Å². The van der Waals surface area contributed by atoms with E-state index in [1.165, 1.54) is 18.6 Å². The van der Waals surface area contributed by atoms with Gasteiger partial charge in [0.1, 0.15) is 5.69 Å². The standard InChI is InChI=1S/C17H13ClN4O2/c18-13-6-4-5-12(9-13)16(23)20-21-17(24)15-10-19-11-22(15)14-7-2-1-3-8-14/h1-11H,(H,20,23)(H,21,24). The summed E-state index contributed by atoms with van der Waals surface area (Å²) in [6.45, 7) is 0. The topological polar surface area (TPSA) is 76.0 Å². The van der Waals surface area contributed by atoms with Crippen LogP contribution in [0.25, 0.3) is 5.69 Å². The number of hydrogen-bond acceptors (Lipinski definition) is 3. The molecule has 0 aliphatic carbocycles. The molecule has 2 N–H and O–H groups in total. The lowest BCUT2D eigenvalue weighted by molar-refractivity contribution is 0.0843. The fourth-order valence-corrected chi connectivity index (χ4v) is 2.33. The highest BCUT2D eigenvalue weighted by molar-refractivity contribution is 6.30. The lowest BCUT2D eigenvalue weighted by atomic mass is 10.2. The molecular weight excluding hydrogens is 328 g/mol. The number of nitrogens with one attached hydrogen (secondary N) is 2. The molecule has 1 heterocycles. The number of rotatable bonds is 3. The van der Waals surface area contributed by atoms with Crippen LogP contribution in [0.5, 0.6) is 0 Å². The Labute approximate surface area is 143 Å². The minimum Gasteiger partial charge on any atom is -0.295 e. The number of hydrogen-bond donors (Lipinski definition) is 2. The summed E-state index contributed by atoms with van der Waals surface area (Å²) in [5.41, 5.74) is 6.16. The van der Waals surface area contributed by atoms with Crippen molar-refractivity contribution in [1.82, 2.24) is 20.4 Å². The van der Waals surface area contributed by atoms with Crippen molar-refractivity contribution in [3.05, 3.63) is 83.4 Å². The zero-order valence-corrected chi connectivity index (χ0v) is 13.2. The predicted molar refractivity (Wildman–Crippen MR) is 89.9 cm³/mol. The smallest absolute Gasteiger partial charge is 0.288 e. The van der Waals surface area contributed by atoms with Crippen LogP contribution in [0.2, 0.25) is 5.02 Å². The lowest BCUT2D eigenvalue weighted by Gasteiger charge is -2.10. The van der Waals surface area contributed by atoms with E-state index in [1.807, 2.05) is 30.3 Å². The van der Waals surface area contributed by atoms with Crippen LogP contribution in [0, 0.1) is 0 Å². The van der Waals surface area contributed by atoms with Gasteiger partial charge in [0.15, 0.2) is 0 Å². The number of nitrogens with zero attached hydrogens (tertiary/aromatic N) is 2. The molecule has 120 valence electrons. The van der Waals surface area contributed by atoms with Gasteiger partial charge in [-0.05, 0) is 30.3 Å². The molecule has 0 aliphatic rings. The Kier molecular flexibility index (Phi) is 4.58. The van der Waals surface area contributed by atoms with E-state index in [-0.39, 0.29) is 0 Å². The molecule has 3 rings (SSSR count). The Morgan fingerprint density at radius 2 is 1.71 bits per heavy atom. The first-order valence-corrected chi connectivity index (χ1v) is 7.47. The summed E-state index contributed by atoms with van der Waals surface area (Å²) in [7, 11) is 0. The van der Waals surface area contributed by atoms with Gasteiger partial charge in [0, 0.05) is 16.3 Å². The van der Waals surface area contributed by atoms with Gasteiger partial charge in [0.2, 0.25) is 0 Å². The zero-order chi connectivity index (χ0) is 16.9. The van der Waals surface area contributed by atoms with Gasteiger partial charge in [0.25, 0.3) is 11.8 Å². The summed E-state index contributed by atoms with van der Waals surface area (Å²) in [4.78, 5) is 28.3. The second-order valence-corrected chi connectivity index (χ2v) is 5.34. The molecule has 0 aliphatic heterocycles. The molecule has 2 amide bonds. The highest BCUT2D eigenvalue weighted by Gasteiger charge is 2.14. The molecule has 7 heteroatoms. The fourth-order valence-electron chi connectivity index (χ4n) is 2.14. The monoisotopic (exact) mass is 340 g/mol. The Hall–Kier alpha value is -3.12. The minimum absolute atomic E-state index is 0.299. The molecular formula is C17H13ClN4O2. The van der Waals surface area contributed by atoms with Gasteiger partial charge in [-0.25, -0.2) is 4.98 Å². The third-order valence-corrected chi connectivity index (χ3v) is 3.52. The molecule has 2 aromatic carbocycles. The summed E-state index contributed by atoms with van der Waals surface area (Å²) in [5, 5.41) is 0.441. The van der Waals surface area contributed by atoms with E-state index < -0.39 is 11.8 Å². The van der Waals surface area contributed by atoms with Crippen LogP contribution in [0.4, 0.5) is 0 Å². The average Bonchev–Trinajstić information content (AvgIpc) is 3.10. The average molecular weight is 341 g/mol. The predicted octanol–water partition coefficient (Wildman–Crippen LogP) is 2.60. The van der Waals surface area contributed by atoms with Gasteiger partial charge in [0.05, 0.1) is 12.5 Å². The van der Waals surface area contributed by atoms with Crippen molar-refractivity contribution >= 4 is 23.4 Å². The Morgan fingerprint density at radius 3 is 2.46 bits per heavy atom. The second kappa shape index (κ2) is 6.97.